The number of hydrogen-bond donors (Lipinski definition) is 2. The topological polar surface area (TPSA) is 87.5 Å². The highest BCUT2D eigenvalue weighted by atomic mass is 16.6. The zero-order valence-corrected chi connectivity index (χ0v) is 14.6. The van der Waals surface area contributed by atoms with E-state index in [-0.39, 0.29) is 28.6 Å². The molecule has 0 fully saturated rings. The van der Waals surface area contributed by atoms with Crippen molar-refractivity contribution in [2.75, 3.05) is 33.0 Å². The smallest absolute Gasteiger partial charge is 0.293 e. The van der Waals surface area contributed by atoms with Crippen LogP contribution >= 0.6 is 0 Å². The largest absolute Gasteiger partial charge is 0.376 e. The average molecular weight is 322 g/mol. The van der Waals surface area contributed by atoms with Crippen LogP contribution in [0.2, 0.25) is 0 Å². The van der Waals surface area contributed by atoms with Gasteiger partial charge >= 0.3 is 0 Å². The Labute approximate surface area is 137 Å². The van der Waals surface area contributed by atoms with Gasteiger partial charge in [0.15, 0.2) is 0 Å². The molecule has 0 saturated carbocycles. The van der Waals surface area contributed by atoms with Gasteiger partial charge in [-0.25, -0.2) is 0 Å². The van der Waals surface area contributed by atoms with E-state index in [2.05, 4.69) is 29.4 Å². The number of rotatable bonds is 7. The van der Waals surface area contributed by atoms with Crippen LogP contribution < -0.4 is 10.6 Å². The second-order valence-electron chi connectivity index (χ2n) is 6.66. The zero-order valence-electron chi connectivity index (χ0n) is 14.6. The van der Waals surface area contributed by atoms with Crippen LogP contribution in [0.5, 0.6) is 0 Å². The molecule has 128 valence electrons. The van der Waals surface area contributed by atoms with Crippen molar-refractivity contribution >= 4 is 17.3 Å². The molecule has 1 unspecified atom stereocenters. The fourth-order valence-electron chi connectivity index (χ4n) is 2.47. The van der Waals surface area contributed by atoms with E-state index in [9.17, 15) is 14.9 Å². The minimum atomic E-state index is -0.472. The summed E-state index contributed by atoms with van der Waals surface area (Å²) in [5.41, 5.74) is 0.502. The molecule has 23 heavy (non-hydrogen) atoms. The van der Waals surface area contributed by atoms with Crippen molar-refractivity contribution in [2.24, 2.45) is 5.41 Å². The van der Waals surface area contributed by atoms with Gasteiger partial charge in [-0.3, -0.25) is 14.9 Å². The molecule has 1 aromatic carbocycles. The molecule has 1 atom stereocenters. The fraction of sp³-hybridized carbons (Fsp3) is 0.562. The van der Waals surface area contributed by atoms with Crippen molar-refractivity contribution in [1.82, 2.24) is 10.2 Å². The Morgan fingerprint density at radius 2 is 2.00 bits per heavy atom. The third kappa shape index (κ3) is 4.92. The van der Waals surface area contributed by atoms with E-state index in [1.54, 1.807) is 12.1 Å². The first-order valence-corrected chi connectivity index (χ1v) is 7.50. The first kappa shape index (κ1) is 18.9. The number of anilines is 1. The molecule has 7 nitrogen and oxygen atoms in total. The number of benzene rings is 1. The quantitative estimate of drug-likeness (QED) is 0.594. The number of nitro groups is 1. The van der Waals surface area contributed by atoms with E-state index in [0.29, 0.717) is 5.69 Å². The van der Waals surface area contributed by atoms with Crippen molar-refractivity contribution in [2.45, 2.75) is 26.8 Å². The Balaban J connectivity index is 3.08. The van der Waals surface area contributed by atoms with Gasteiger partial charge < -0.3 is 15.5 Å². The van der Waals surface area contributed by atoms with E-state index in [1.807, 2.05) is 21.0 Å². The van der Waals surface area contributed by atoms with Crippen molar-refractivity contribution < 1.29 is 9.72 Å². The Kier molecular flexibility index (Phi) is 6.09. The minimum Gasteiger partial charge on any atom is -0.376 e. The van der Waals surface area contributed by atoms with Crippen LogP contribution in [0, 0.1) is 15.5 Å². The van der Waals surface area contributed by atoms with E-state index in [4.69, 9.17) is 0 Å². The standard InChI is InChI=1S/C16H26N4O3/c1-11(16(2,3)10-19(5)6)18-13-8-7-12(15(21)17-4)9-14(13)20(22)23/h7-9,11,18H,10H2,1-6H3,(H,17,21). The van der Waals surface area contributed by atoms with Gasteiger partial charge in [0.05, 0.1) is 4.92 Å². The van der Waals surface area contributed by atoms with Crippen LogP contribution in [0.1, 0.15) is 31.1 Å². The molecule has 0 bridgehead atoms. The zero-order chi connectivity index (χ0) is 17.8. The van der Waals surface area contributed by atoms with Crippen LogP contribution in [0.3, 0.4) is 0 Å². The van der Waals surface area contributed by atoms with Crippen LogP contribution in [0.25, 0.3) is 0 Å². The molecule has 2 N–H and O–H groups in total. The maximum Gasteiger partial charge on any atom is 0.293 e. The fourth-order valence-corrected chi connectivity index (χ4v) is 2.47. The number of nitrogens with one attached hydrogen (secondary N) is 2. The molecule has 1 amide bonds. The minimum absolute atomic E-state index is 0.00875. The summed E-state index contributed by atoms with van der Waals surface area (Å²) < 4.78 is 0. The highest BCUT2D eigenvalue weighted by Gasteiger charge is 2.28. The summed E-state index contributed by atoms with van der Waals surface area (Å²) in [6.07, 6.45) is 0. The molecule has 7 heteroatoms. The molecule has 0 aliphatic carbocycles. The van der Waals surface area contributed by atoms with Crippen LogP contribution in [0.15, 0.2) is 18.2 Å². The van der Waals surface area contributed by atoms with Gasteiger partial charge in [-0.1, -0.05) is 13.8 Å². The predicted molar refractivity (Wildman–Crippen MR) is 91.9 cm³/mol. The summed E-state index contributed by atoms with van der Waals surface area (Å²) in [4.78, 5) is 24.6. The van der Waals surface area contributed by atoms with E-state index in [0.717, 1.165) is 6.54 Å². The number of hydrogen-bond acceptors (Lipinski definition) is 5. The number of carbonyl (C=O) groups is 1. The van der Waals surface area contributed by atoms with Crippen LogP contribution in [0.4, 0.5) is 11.4 Å². The highest BCUT2D eigenvalue weighted by Crippen LogP contribution is 2.30. The van der Waals surface area contributed by atoms with Gasteiger partial charge in [-0.15, -0.1) is 0 Å². The average Bonchev–Trinajstić information content (AvgIpc) is 2.45. The summed E-state index contributed by atoms with van der Waals surface area (Å²) in [6.45, 7) is 7.05. The molecule has 0 heterocycles. The lowest BCUT2D eigenvalue weighted by Gasteiger charge is -2.35. The molecule has 1 aromatic rings. The SMILES string of the molecule is CNC(=O)c1ccc(NC(C)C(C)(C)CN(C)C)c([N+](=O)[O-])c1. The van der Waals surface area contributed by atoms with Crippen molar-refractivity contribution in [3.63, 3.8) is 0 Å². The molecule has 0 aliphatic rings. The summed E-state index contributed by atoms with van der Waals surface area (Å²) in [6, 6.07) is 4.48. The lowest BCUT2D eigenvalue weighted by atomic mass is 9.84. The summed E-state index contributed by atoms with van der Waals surface area (Å²) >= 11 is 0. The molecule has 1 rings (SSSR count). The van der Waals surface area contributed by atoms with Gasteiger partial charge in [-0.05, 0) is 38.6 Å². The second kappa shape index (κ2) is 7.41. The number of nitrogens with zero attached hydrogens (tertiary/aromatic N) is 2. The third-order valence-electron chi connectivity index (χ3n) is 3.95. The Morgan fingerprint density at radius 1 is 1.39 bits per heavy atom. The molecule has 0 saturated heterocycles. The Bertz CT molecular complexity index is 585. The van der Waals surface area contributed by atoms with Gasteiger partial charge in [0.25, 0.3) is 11.6 Å². The van der Waals surface area contributed by atoms with Crippen molar-refractivity contribution in [3.8, 4) is 0 Å². The molecular formula is C16H26N4O3. The normalized spacial score (nSPS) is 12.8. The van der Waals surface area contributed by atoms with E-state index in [1.165, 1.54) is 13.1 Å². The first-order chi connectivity index (χ1) is 10.6. The van der Waals surface area contributed by atoms with Crippen molar-refractivity contribution in [3.05, 3.63) is 33.9 Å². The lowest BCUT2D eigenvalue weighted by Crippen LogP contribution is -2.41. The number of carbonyl (C=O) groups excluding carboxylic acids is 1. The van der Waals surface area contributed by atoms with E-state index >= 15 is 0 Å². The Hall–Kier alpha value is -2.15. The van der Waals surface area contributed by atoms with Crippen LogP contribution in [-0.4, -0.2) is 49.5 Å². The molecule has 0 aromatic heterocycles. The highest BCUT2D eigenvalue weighted by molar-refractivity contribution is 5.95. The van der Waals surface area contributed by atoms with Gasteiger partial charge in [-0.2, -0.15) is 0 Å². The van der Waals surface area contributed by atoms with Gasteiger partial charge in [0.2, 0.25) is 0 Å². The molecular weight excluding hydrogens is 296 g/mol. The summed E-state index contributed by atoms with van der Waals surface area (Å²) in [5.74, 6) is -0.347. The maximum absolute atomic E-state index is 11.6. The van der Waals surface area contributed by atoms with Gasteiger partial charge in [0.1, 0.15) is 5.69 Å². The first-order valence-electron chi connectivity index (χ1n) is 7.50. The maximum atomic E-state index is 11.6. The summed E-state index contributed by atoms with van der Waals surface area (Å²) in [7, 11) is 5.48. The summed E-state index contributed by atoms with van der Waals surface area (Å²) in [5, 5.41) is 17.0. The van der Waals surface area contributed by atoms with Gasteiger partial charge in [0, 0.05) is 31.3 Å². The lowest BCUT2D eigenvalue weighted by molar-refractivity contribution is -0.384. The van der Waals surface area contributed by atoms with E-state index < -0.39 is 4.92 Å². The molecule has 0 aliphatic heterocycles. The number of amides is 1. The second-order valence-corrected chi connectivity index (χ2v) is 6.66. The molecule has 0 spiro atoms. The Morgan fingerprint density at radius 3 is 2.48 bits per heavy atom. The number of nitro benzene ring substituents is 1. The van der Waals surface area contributed by atoms with Crippen LogP contribution in [-0.2, 0) is 0 Å². The monoisotopic (exact) mass is 322 g/mol. The third-order valence-corrected chi connectivity index (χ3v) is 3.95. The van der Waals surface area contributed by atoms with Crippen molar-refractivity contribution in [1.29, 1.82) is 0 Å². The predicted octanol–water partition coefficient (Wildman–Crippen LogP) is 2.34. The molecule has 0 radical (unpaired) electrons.